The number of benzene rings is 7. The molecule has 0 unspecified atom stereocenters. The number of thiophene rings is 1. The molecule has 0 saturated heterocycles. The highest BCUT2D eigenvalue weighted by Crippen LogP contribution is 2.43. The van der Waals surface area contributed by atoms with E-state index in [0.717, 1.165) is 50.5 Å². The number of para-hydroxylation sites is 3. The highest BCUT2D eigenvalue weighted by molar-refractivity contribution is 7.26. The summed E-state index contributed by atoms with van der Waals surface area (Å²) in [7, 11) is 0. The summed E-state index contributed by atoms with van der Waals surface area (Å²) in [4.78, 5) is 15.5. The van der Waals surface area contributed by atoms with Crippen LogP contribution in [0.4, 0.5) is 0 Å². The maximum absolute atomic E-state index is 5.22. The lowest BCUT2D eigenvalue weighted by atomic mass is 10.0. The monoisotopic (exact) mass is 706 g/mol. The van der Waals surface area contributed by atoms with Gasteiger partial charge in [0.2, 0.25) is 0 Å². The third-order valence-corrected chi connectivity index (χ3v) is 11.6. The third-order valence-electron chi connectivity index (χ3n) is 10.4. The quantitative estimate of drug-likeness (QED) is 0.179. The minimum atomic E-state index is 0.683. The number of fused-ring (bicyclic) bond motifs is 8. The zero-order chi connectivity index (χ0) is 35.6. The van der Waals surface area contributed by atoms with Gasteiger partial charge in [-0.3, -0.25) is 0 Å². The molecule has 0 radical (unpaired) electrons. The Morgan fingerprint density at radius 3 is 1.65 bits per heavy atom. The van der Waals surface area contributed by atoms with E-state index in [-0.39, 0.29) is 0 Å². The van der Waals surface area contributed by atoms with E-state index in [1.165, 1.54) is 47.4 Å². The molecule has 4 aromatic heterocycles. The van der Waals surface area contributed by atoms with Gasteiger partial charge in [-0.1, -0.05) is 140 Å². The van der Waals surface area contributed by atoms with Gasteiger partial charge in [-0.05, 0) is 42.5 Å². The van der Waals surface area contributed by atoms with E-state index in [0.29, 0.717) is 5.82 Å². The van der Waals surface area contributed by atoms with Crippen molar-refractivity contribution in [3.05, 3.63) is 182 Å². The second-order valence-corrected chi connectivity index (χ2v) is 14.7. The SMILES string of the molecule is c1ccc(-c2cc(-c3ccc(-n4c5ccccc5c5ccccc54)cc3)nc(-c3ccc(-c4nc5ccccc5c5c4sc4ccccc45)cc3)n2)cc1. The van der Waals surface area contributed by atoms with Crippen LogP contribution < -0.4 is 0 Å². The minimum absolute atomic E-state index is 0.683. The summed E-state index contributed by atoms with van der Waals surface area (Å²) in [6.45, 7) is 0. The Morgan fingerprint density at radius 2 is 0.944 bits per heavy atom. The summed E-state index contributed by atoms with van der Waals surface area (Å²) in [5.41, 5.74) is 11.4. The summed E-state index contributed by atoms with van der Waals surface area (Å²) in [5.74, 6) is 0.683. The minimum Gasteiger partial charge on any atom is -0.309 e. The second-order valence-electron chi connectivity index (χ2n) is 13.6. The van der Waals surface area contributed by atoms with Crippen LogP contribution in [-0.4, -0.2) is 19.5 Å². The first kappa shape index (κ1) is 30.7. The first-order chi connectivity index (χ1) is 26.8. The van der Waals surface area contributed by atoms with Gasteiger partial charge >= 0.3 is 0 Å². The summed E-state index contributed by atoms with van der Waals surface area (Å²) >= 11 is 1.81. The van der Waals surface area contributed by atoms with Crippen LogP contribution in [0.5, 0.6) is 0 Å². The van der Waals surface area contributed by atoms with E-state index in [4.69, 9.17) is 15.0 Å². The molecule has 0 aliphatic rings. The van der Waals surface area contributed by atoms with Crippen molar-refractivity contribution in [2.75, 3.05) is 0 Å². The molecule has 0 saturated carbocycles. The molecule has 0 bridgehead atoms. The summed E-state index contributed by atoms with van der Waals surface area (Å²) < 4.78 is 4.82. The molecular formula is C49H30N4S. The smallest absolute Gasteiger partial charge is 0.160 e. The van der Waals surface area contributed by atoms with E-state index in [1.54, 1.807) is 0 Å². The number of pyridine rings is 1. The van der Waals surface area contributed by atoms with Gasteiger partial charge in [-0.25, -0.2) is 15.0 Å². The summed E-state index contributed by atoms with van der Waals surface area (Å²) in [5, 5.41) is 6.23. The average Bonchev–Trinajstić information content (AvgIpc) is 3.81. The maximum Gasteiger partial charge on any atom is 0.160 e. The molecule has 5 heteroatoms. The Labute approximate surface area is 315 Å². The van der Waals surface area contributed by atoms with Crippen LogP contribution in [-0.2, 0) is 0 Å². The zero-order valence-electron chi connectivity index (χ0n) is 29.0. The van der Waals surface area contributed by atoms with Crippen LogP contribution in [0.3, 0.4) is 0 Å². The predicted octanol–water partition coefficient (Wildman–Crippen LogP) is 13.2. The summed E-state index contributed by atoms with van der Waals surface area (Å²) in [6.07, 6.45) is 0. The predicted molar refractivity (Wildman–Crippen MR) is 226 cm³/mol. The number of aromatic nitrogens is 4. The van der Waals surface area contributed by atoms with E-state index in [9.17, 15) is 0 Å². The second kappa shape index (κ2) is 12.3. The normalized spacial score (nSPS) is 11.7. The molecule has 4 heterocycles. The third kappa shape index (κ3) is 4.94. The van der Waals surface area contributed by atoms with E-state index in [1.807, 2.05) is 17.4 Å². The fraction of sp³-hybridized carbons (Fsp3) is 0. The van der Waals surface area contributed by atoms with Crippen LogP contribution >= 0.6 is 11.3 Å². The molecule has 252 valence electrons. The van der Waals surface area contributed by atoms with Gasteiger partial charge in [0.05, 0.1) is 38.3 Å². The molecule has 0 aliphatic carbocycles. The van der Waals surface area contributed by atoms with Crippen LogP contribution in [0, 0.1) is 0 Å². The molecule has 0 amide bonds. The molecule has 0 atom stereocenters. The van der Waals surface area contributed by atoms with Crippen LogP contribution in [0.2, 0.25) is 0 Å². The van der Waals surface area contributed by atoms with Gasteiger partial charge in [0.25, 0.3) is 0 Å². The Hall–Kier alpha value is -6.95. The molecule has 11 aromatic rings. The van der Waals surface area contributed by atoms with Crippen molar-refractivity contribution < 1.29 is 0 Å². The summed E-state index contributed by atoms with van der Waals surface area (Å²) in [6, 6.07) is 64.1. The van der Waals surface area contributed by atoms with Crippen LogP contribution in [0.25, 0.3) is 104 Å². The fourth-order valence-corrected chi connectivity index (χ4v) is 9.10. The lowest BCUT2D eigenvalue weighted by molar-refractivity contribution is 1.17. The number of hydrogen-bond donors (Lipinski definition) is 0. The number of rotatable bonds is 5. The Bertz CT molecular complexity index is 3140. The Morgan fingerprint density at radius 1 is 0.407 bits per heavy atom. The molecule has 54 heavy (non-hydrogen) atoms. The van der Waals surface area contributed by atoms with E-state index in [2.05, 4.69) is 180 Å². The molecule has 7 aromatic carbocycles. The van der Waals surface area contributed by atoms with Crippen molar-refractivity contribution in [1.29, 1.82) is 0 Å². The maximum atomic E-state index is 5.22. The molecule has 0 N–H and O–H groups in total. The van der Waals surface area contributed by atoms with Crippen LogP contribution in [0.1, 0.15) is 0 Å². The Kier molecular flexibility index (Phi) is 7.00. The van der Waals surface area contributed by atoms with Crippen molar-refractivity contribution in [2.45, 2.75) is 0 Å². The van der Waals surface area contributed by atoms with Crippen molar-refractivity contribution in [1.82, 2.24) is 19.5 Å². The highest BCUT2D eigenvalue weighted by atomic mass is 32.1. The highest BCUT2D eigenvalue weighted by Gasteiger charge is 2.17. The van der Waals surface area contributed by atoms with Gasteiger partial charge in [-0.2, -0.15) is 0 Å². The van der Waals surface area contributed by atoms with Gasteiger partial charge in [-0.15, -0.1) is 11.3 Å². The van der Waals surface area contributed by atoms with Crippen LogP contribution in [0.15, 0.2) is 182 Å². The van der Waals surface area contributed by atoms with Crippen molar-refractivity contribution in [3.63, 3.8) is 0 Å². The lowest BCUT2D eigenvalue weighted by Crippen LogP contribution is -1.97. The molecule has 0 fully saturated rings. The van der Waals surface area contributed by atoms with Crippen molar-refractivity contribution in [2.24, 2.45) is 0 Å². The van der Waals surface area contributed by atoms with Crippen molar-refractivity contribution >= 4 is 64.2 Å². The van der Waals surface area contributed by atoms with E-state index < -0.39 is 0 Å². The van der Waals surface area contributed by atoms with Gasteiger partial charge in [0.15, 0.2) is 5.82 Å². The van der Waals surface area contributed by atoms with Gasteiger partial charge in [0, 0.05) is 59.6 Å². The molecular weight excluding hydrogens is 677 g/mol. The standard InChI is InChI=1S/C49H30N4S/c1-2-12-31(13-3-1)41-30-42(32-26-28-35(29-27-32)53-43-19-9-5-14-36(43)37-15-6-10-20-44(37)53)52-49(51-41)34-24-22-33(23-25-34)47-48-46(38-16-4-8-18-40(38)50-47)39-17-7-11-21-45(39)54-48/h1-30H. The largest absolute Gasteiger partial charge is 0.309 e. The first-order valence-corrected chi connectivity index (χ1v) is 18.9. The average molecular weight is 707 g/mol. The number of hydrogen-bond acceptors (Lipinski definition) is 4. The topological polar surface area (TPSA) is 43.6 Å². The molecule has 11 rings (SSSR count). The first-order valence-electron chi connectivity index (χ1n) is 18.1. The fourth-order valence-electron chi connectivity index (χ4n) is 7.87. The van der Waals surface area contributed by atoms with Gasteiger partial charge in [0.1, 0.15) is 0 Å². The van der Waals surface area contributed by atoms with E-state index >= 15 is 0 Å². The molecule has 0 spiro atoms. The van der Waals surface area contributed by atoms with Gasteiger partial charge < -0.3 is 4.57 Å². The lowest BCUT2D eigenvalue weighted by Gasteiger charge is -2.12. The number of nitrogens with zero attached hydrogens (tertiary/aromatic N) is 4. The Balaban J connectivity index is 1.02. The van der Waals surface area contributed by atoms with Crippen molar-refractivity contribution in [3.8, 4) is 50.8 Å². The zero-order valence-corrected chi connectivity index (χ0v) is 29.8. The molecule has 0 aliphatic heterocycles. The molecule has 4 nitrogen and oxygen atoms in total.